The Bertz CT molecular complexity index is 919. The summed E-state index contributed by atoms with van der Waals surface area (Å²) in [6.07, 6.45) is 0.613. The van der Waals surface area contributed by atoms with Crippen molar-refractivity contribution in [2.24, 2.45) is 5.41 Å². The average Bonchev–Trinajstić information content (AvgIpc) is 2.62. The van der Waals surface area contributed by atoms with E-state index in [-0.39, 0.29) is 15.9 Å². The van der Waals surface area contributed by atoms with E-state index in [1.54, 1.807) is 32.9 Å². The van der Waals surface area contributed by atoms with Gasteiger partial charge in [-0.15, -0.1) is 0 Å². The highest BCUT2D eigenvalue weighted by atomic mass is 32.2. The van der Waals surface area contributed by atoms with E-state index in [0.29, 0.717) is 18.7 Å². The van der Waals surface area contributed by atoms with Crippen molar-refractivity contribution in [3.8, 4) is 0 Å². The molecule has 0 saturated heterocycles. The lowest BCUT2D eigenvalue weighted by Gasteiger charge is -2.18. The summed E-state index contributed by atoms with van der Waals surface area (Å²) in [6, 6.07) is 15.8. The average molecular weight is 420 g/mol. The van der Waals surface area contributed by atoms with Gasteiger partial charge >= 0.3 is 0 Å². The van der Waals surface area contributed by atoms with E-state index in [1.165, 1.54) is 12.1 Å². The minimum Gasteiger partial charge on any atom is -0.332 e. The Morgan fingerprint density at radius 1 is 1.00 bits per heavy atom. The second-order valence-electron chi connectivity index (χ2n) is 7.32. The maximum atomic E-state index is 12.4. The van der Waals surface area contributed by atoms with Gasteiger partial charge in [0.2, 0.25) is 15.9 Å². The first-order valence-electron chi connectivity index (χ1n) is 8.84. The number of amides is 1. The van der Waals surface area contributed by atoms with Crippen molar-refractivity contribution in [1.29, 1.82) is 0 Å². The van der Waals surface area contributed by atoms with Crippen molar-refractivity contribution in [3.63, 3.8) is 0 Å². The molecule has 2 aromatic carbocycles. The maximum absolute atomic E-state index is 12.4. The number of hydrogen-bond acceptors (Lipinski definition) is 4. The van der Waals surface area contributed by atoms with Crippen LogP contribution in [0.15, 0.2) is 59.5 Å². The number of thiocarbonyl (C=S) groups is 1. The molecule has 28 heavy (non-hydrogen) atoms. The minimum atomic E-state index is -3.59. The monoisotopic (exact) mass is 419 g/mol. The van der Waals surface area contributed by atoms with Crippen molar-refractivity contribution in [2.75, 3.05) is 11.9 Å². The van der Waals surface area contributed by atoms with Crippen LogP contribution in [-0.4, -0.2) is 26.0 Å². The molecule has 0 aliphatic heterocycles. The SMILES string of the molecule is CC(C)(C)C(=O)NC(=S)Nc1ccc(S(=O)(=O)NCCc2ccccc2)cc1. The standard InChI is InChI=1S/C20H25N3O3S2/c1-20(2,3)18(24)23-19(27)22-16-9-11-17(12-10-16)28(25,26)21-14-13-15-7-5-4-6-8-15/h4-12,21H,13-14H2,1-3H3,(H2,22,23,24,27). The number of carbonyl (C=O) groups excluding carboxylic acids is 1. The summed E-state index contributed by atoms with van der Waals surface area (Å²) in [7, 11) is -3.59. The van der Waals surface area contributed by atoms with E-state index in [4.69, 9.17) is 12.2 Å². The van der Waals surface area contributed by atoms with Gasteiger partial charge in [0.15, 0.2) is 5.11 Å². The van der Waals surface area contributed by atoms with Gasteiger partial charge in [0.25, 0.3) is 0 Å². The molecule has 0 bridgehead atoms. The Labute approximate surface area is 171 Å². The molecule has 0 spiro atoms. The molecular weight excluding hydrogens is 394 g/mol. The third-order valence-corrected chi connectivity index (χ3v) is 5.56. The molecule has 0 aliphatic carbocycles. The Kier molecular flexibility index (Phi) is 7.29. The first kappa shape index (κ1) is 22.0. The van der Waals surface area contributed by atoms with Gasteiger partial charge in [0.05, 0.1) is 4.90 Å². The van der Waals surface area contributed by atoms with Crippen LogP contribution in [0.5, 0.6) is 0 Å². The zero-order valence-electron chi connectivity index (χ0n) is 16.2. The lowest BCUT2D eigenvalue weighted by Crippen LogP contribution is -2.41. The van der Waals surface area contributed by atoms with Crippen LogP contribution in [0.1, 0.15) is 26.3 Å². The lowest BCUT2D eigenvalue weighted by molar-refractivity contribution is -0.126. The third kappa shape index (κ3) is 6.70. The summed E-state index contributed by atoms with van der Waals surface area (Å²) in [5, 5.41) is 5.64. The van der Waals surface area contributed by atoms with Crippen LogP contribution in [0.2, 0.25) is 0 Å². The number of nitrogens with one attached hydrogen (secondary N) is 3. The largest absolute Gasteiger partial charge is 0.332 e. The number of carbonyl (C=O) groups is 1. The van der Waals surface area contributed by atoms with Gasteiger partial charge in [-0.3, -0.25) is 4.79 Å². The zero-order valence-corrected chi connectivity index (χ0v) is 17.8. The number of rotatable bonds is 6. The van der Waals surface area contributed by atoms with Gasteiger partial charge in [-0.25, -0.2) is 13.1 Å². The predicted octanol–water partition coefficient (Wildman–Crippen LogP) is 3.07. The molecule has 6 nitrogen and oxygen atoms in total. The number of sulfonamides is 1. The van der Waals surface area contributed by atoms with Gasteiger partial charge in [-0.2, -0.15) is 0 Å². The second kappa shape index (κ2) is 9.27. The van der Waals surface area contributed by atoms with Crippen LogP contribution in [0.3, 0.4) is 0 Å². The van der Waals surface area contributed by atoms with Crippen LogP contribution in [0.25, 0.3) is 0 Å². The predicted molar refractivity (Wildman–Crippen MR) is 116 cm³/mol. The Morgan fingerprint density at radius 2 is 1.61 bits per heavy atom. The first-order chi connectivity index (χ1) is 13.1. The molecule has 3 N–H and O–H groups in total. The molecule has 0 atom stereocenters. The Hall–Kier alpha value is -2.29. The molecule has 0 unspecified atom stereocenters. The molecular formula is C20H25N3O3S2. The number of hydrogen-bond donors (Lipinski definition) is 3. The van der Waals surface area contributed by atoms with E-state index in [1.807, 2.05) is 30.3 Å². The fourth-order valence-corrected chi connectivity index (χ4v) is 3.47. The molecule has 0 radical (unpaired) electrons. The highest BCUT2D eigenvalue weighted by Crippen LogP contribution is 2.15. The highest BCUT2D eigenvalue weighted by Gasteiger charge is 2.22. The van der Waals surface area contributed by atoms with Crippen LogP contribution < -0.4 is 15.4 Å². The smallest absolute Gasteiger partial charge is 0.240 e. The van der Waals surface area contributed by atoms with E-state index < -0.39 is 15.4 Å². The van der Waals surface area contributed by atoms with Crippen molar-refractivity contribution in [1.82, 2.24) is 10.0 Å². The molecule has 0 saturated carbocycles. The normalized spacial score (nSPS) is 11.7. The number of benzene rings is 2. The minimum absolute atomic E-state index is 0.163. The van der Waals surface area contributed by atoms with Gasteiger partial charge < -0.3 is 10.6 Å². The third-order valence-electron chi connectivity index (χ3n) is 3.88. The molecule has 0 heterocycles. The van der Waals surface area contributed by atoms with Gasteiger partial charge in [0.1, 0.15) is 0 Å². The van der Waals surface area contributed by atoms with Crippen molar-refractivity contribution in [2.45, 2.75) is 32.1 Å². The van der Waals surface area contributed by atoms with Crippen LogP contribution >= 0.6 is 12.2 Å². The van der Waals surface area contributed by atoms with Crippen molar-refractivity contribution < 1.29 is 13.2 Å². The van der Waals surface area contributed by atoms with Gasteiger partial charge in [0, 0.05) is 17.6 Å². The van der Waals surface area contributed by atoms with Crippen LogP contribution in [0.4, 0.5) is 5.69 Å². The molecule has 0 aliphatic rings. The Balaban J connectivity index is 1.91. The summed E-state index contributed by atoms with van der Waals surface area (Å²) in [4.78, 5) is 12.1. The summed E-state index contributed by atoms with van der Waals surface area (Å²) in [6.45, 7) is 5.68. The Morgan fingerprint density at radius 3 is 2.18 bits per heavy atom. The van der Waals surface area contributed by atoms with Gasteiger partial charge in [-0.05, 0) is 48.5 Å². The fourth-order valence-electron chi connectivity index (χ4n) is 2.23. The molecule has 8 heteroatoms. The van der Waals surface area contributed by atoms with E-state index in [2.05, 4.69) is 15.4 Å². The van der Waals surface area contributed by atoms with Crippen LogP contribution in [0, 0.1) is 5.41 Å². The van der Waals surface area contributed by atoms with Crippen LogP contribution in [-0.2, 0) is 21.2 Å². The van der Waals surface area contributed by atoms with E-state index >= 15 is 0 Å². The molecule has 150 valence electrons. The van der Waals surface area contributed by atoms with E-state index in [0.717, 1.165) is 5.56 Å². The first-order valence-corrected chi connectivity index (χ1v) is 10.7. The number of anilines is 1. The topological polar surface area (TPSA) is 87.3 Å². The second-order valence-corrected chi connectivity index (χ2v) is 9.49. The molecule has 1 amide bonds. The highest BCUT2D eigenvalue weighted by molar-refractivity contribution is 7.89. The summed E-state index contributed by atoms with van der Waals surface area (Å²) in [5.74, 6) is -0.202. The zero-order chi connectivity index (χ0) is 20.8. The lowest BCUT2D eigenvalue weighted by atomic mass is 9.96. The van der Waals surface area contributed by atoms with Gasteiger partial charge in [-0.1, -0.05) is 51.1 Å². The maximum Gasteiger partial charge on any atom is 0.240 e. The van der Waals surface area contributed by atoms with Crippen molar-refractivity contribution in [3.05, 3.63) is 60.2 Å². The summed E-state index contributed by atoms with van der Waals surface area (Å²) in [5.41, 5.74) is 1.09. The fraction of sp³-hybridized carbons (Fsp3) is 0.300. The molecule has 2 rings (SSSR count). The van der Waals surface area contributed by atoms with Crippen molar-refractivity contribution >= 4 is 38.9 Å². The quantitative estimate of drug-likeness (QED) is 0.627. The summed E-state index contributed by atoms with van der Waals surface area (Å²) < 4.78 is 27.4. The molecule has 2 aromatic rings. The summed E-state index contributed by atoms with van der Waals surface area (Å²) >= 11 is 5.12. The van der Waals surface area contributed by atoms with E-state index in [9.17, 15) is 13.2 Å². The molecule has 0 fully saturated rings. The molecule has 0 aromatic heterocycles.